The van der Waals surface area contributed by atoms with E-state index in [1.54, 1.807) is 23.5 Å². The van der Waals surface area contributed by atoms with E-state index in [1.165, 1.54) is 11.3 Å². The summed E-state index contributed by atoms with van der Waals surface area (Å²) in [6.45, 7) is 0.187. The van der Waals surface area contributed by atoms with Gasteiger partial charge in [-0.3, -0.25) is 9.59 Å². The van der Waals surface area contributed by atoms with Crippen molar-refractivity contribution in [2.45, 2.75) is 12.5 Å². The van der Waals surface area contributed by atoms with Gasteiger partial charge >= 0.3 is 0 Å². The lowest BCUT2D eigenvalue weighted by Crippen LogP contribution is -2.30. The van der Waals surface area contributed by atoms with E-state index in [1.807, 2.05) is 18.2 Å². The van der Waals surface area contributed by atoms with Crippen LogP contribution >= 0.6 is 11.3 Å². The Kier molecular flexibility index (Phi) is 3.61. The molecule has 2 unspecified atom stereocenters. The van der Waals surface area contributed by atoms with Crippen LogP contribution in [0, 0.1) is 5.92 Å². The fourth-order valence-corrected chi connectivity index (χ4v) is 3.67. The van der Waals surface area contributed by atoms with Crippen LogP contribution in [0.25, 0.3) is 0 Å². The molecule has 2 aliphatic rings. The maximum absolute atomic E-state index is 12.6. The Hall–Kier alpha value is -2.61. The van der Waals surface area contributed by atoms with E-state index in [0.29, 0.717) is 16.6 Å². The molecule has 1 aromatic heterocycles. The summed E-state index contributed by atoms with van der Waals surface area (Å²) >= 11 is 1.35. The lowest BCUT2D eigenvalue weighted by atomic mass is 9.92. The summed E-state index contributed by atoms with van der Waals surface area (Å²) < 4.78 is 10.7. The molecule has 7 nitrogen and oxygen atoms in total. The van der Waals surface area contributed by atoms with E-state index in [0.717, 1.165) is 5.56 Å². The first kappa shape index (κ1) is 14.9. The number of rotatable bonds is 3. The van der Waals surface area contributed by atoms with Crippen LogP contribution in [0.4, 0.5) is 5.13 Å². The summed E-state index contributed by atoms with van der Waals surface area (Å²) in [5.41, 5.74) is 0.854. The molecular weight excluding hydrogens is 330 g/mol. The van der Waals surface area contributed by atoms with Gasteiger partial charge in [0, 0.05) is 25.0 Å². The smallest absolute Gasteiger partial charge is 0.232 e. The molecule has 2 atom stereocenters. The molecule has 1 N–H and O–H groups in total. The summed E-state index contributed by atoms with van der Waals surface area (Å²) in [5, 5.41) is 5.11. The minimum atomic E-state index is -0.480. The second kappa shape index (κ2) is 5.79. The molecule has 1 saturated heterocycles. The molecule has 124 valence electrons. The minimum absolute atomic E-state index is 0.0584. The molecule has 8 heteroatoms. The summed E-state index contributed by atoms with van der Waals surface area (Å²) in [7, 11) is 1.72. The number of fused-ring (bicyclic) bond motifs is 1. The zero-order chi connectivity index (χ0) is 16.7. The number of carbonyl (C=O) groups is 2. The average Bonchev–Trinajstić information content (AvgIpc) is 3.28. The van der Waals surface area contributed by atoms with Gasteiger partial charge in [0.15, 0.2) is 16.6 Å². The first-order valence-electron chi connectivity index (χ1n) is 7.49. The quantitative estimate of drug-likeness (QED) is 0.921. The summed E-state index contributed by atoms with van der Waals surface area (Å²) in [4.78, 5) is 30.5. The Morgan fingerprint density at radius 2 is 2.21 bits per heavy atom. The monoisotopic (exact) mass is 345 g/mol. The van der Waals surface area contributed by atoms with Crippen LogP contribution in [-0.2, 0) is 9.59 Å². The fraction of sp³-hybridized carbons (Fsp3) is 0.312. The number of anilines is 1. The van der Waals surface area contributed by atoms with Crippen molar-refractivity contribution in [3.05, 3.63) is 35.3 Å². The Labute approximate surface area is 142 Å². The Morgan fingerprint density at radius 1 is 1.38 bits per heavy atom. The Morgan fingerprint density at radius 3 is 3.00 bits per heavy atom. The van der Waals surface area contributed by atoms with Crippen molar-refractivity contribution in [2.75, 3.05) is 19.2 Å². The molecule has 2 aromatic rings. The zero-order valence-electron chi connectivity index (χ0n) is 12.9. The highest BCUT2D eigenvalue weighted by atomic mass is 32.1. The van der Waals surface area contributed by atoms with Crippen LogP contribution in [0.3, 0.4) is 0 Å². The molecule has 4 rings (SSSR count). The molecule has 1 aromatic carbocycles. The van der Waals surface area contributed by atoms with Gasteiger partial charge in [-0.25, -0.2) is 4.98 Å². The molecule has 0 saturated carbocycles. The fourth-order valence-electron chi connectivity index (χ4n) is 3.14. The number of thiazole rings is 1. The number of benzene rings is 1. The third-order valence-electron chi connectivity index (χ3n) is 4.32. The van der Waals surface area contributed by atoms with Crippen LogP contribution in [0.5, 0.6) is 11.5 Å². The van der Waals surface area contributed by atoms with Crippen LogP contribution in [0.1, 0.15) is 18.0 Å². The number of amides is 2. The molecule has 0 aliphatic carbocycles. The van der Waals surface area contributed by atoms with Gasteiger partial charge in [0.25, 0.3) is 0 Å². The third kappa shape index (κ3) is 2.48. The molecule has 0 radical (unpaired) electrons. The SMILES string of the molecule is CN1C(=O)CC(C(=O)Nc2nccs2)C1c1ccc2c(c1)OCO2. The Bertz CT molecular complexity index is 793. The normalized spacial score (nSPS) is 22.0. The molecular formula is C16H15N3O4S. The number of hydrogen-bond acceptors (Lipinski definition) is 6. The molecule has 0 bridgehead atoms. The summed E-state index contributed by atoms with van der Waals surface area (Å²) in [6.07, 6.45) is 1.80. The van der Waals surface area contributed by atoms with Gasteiger partial charge < -0.3 is 19.7 Å². The zero-order valence-corrected chi connectivity index (χ0v) is 13.7. The molecule has 24 heavy (non-hydrogen) atoms. The van der Waals surface area contributed by atoms with E-state index < -0.39 is 5.92 Å². The molecule has 2 aliphatic heterocycles. The number of aromatic nitrogens is 1. The standard InChI is InChI=1S/C16H15N3O4S/c1-19-13(20)7-10(15(21)18-16-17-4-5-24-16)14(19)9-2-3-11-12(6-9)23-8-22-11/h2-6,10,14H,7-8H2,1H3,(H,17,18,21). The van der Waals surface area contributed by atoms with Crippen molar-refractivity contribution in [2.24, 2.45) is 5.92 Å². The summed E-state index contributed by atoms with van der Waals surface area (Å²) in [5.74, 6) is 0.572. The number of likely N-dealkylation sites (tertiary alicyclic amines) is 1. The number of ether oxygens (including phenoxy) is 2. The molecule has 1 fully saturated rings. The van der Waals surface area contributed by atoms with Crippen LogP contribution in [-0.4, -0.2) is 35.5 Å². The number of nitrogens with zero attached hydrogens (tertiary/aromatic N) is 2. The van der Waals surface area contributed by atoms with Gasteiger partial charge in [-0.15, -0.1) is 11.3 Å². The van der Waals surface area contributed by atoms with Crippen molar-refractivity contribution in [1.82, 2.24) is 9.88 Å². The lowest BCUT2D eigenvalue weighted by Gasteiger charge is -2.24. The lowest BCUT2D eigenvalue weighted by molar-refractivity contribution is -0.127. The second-order valence-corrected chi connectivity index (χ2v) is 6.59. The highest BCUT2D eigenvalue weighted by Gasteiger charge is 2.43. The number of nitrogens with one attached hydrogen (secondary N) is 1. The predicted octanol–water partition coefficient (Wildman–Crippen LogP) is 2.03. The average molecular weight is 345 g/mol. The van der Waals surface area contributed by atoms with Crippen LogP contribution in [0.2, 0.25) is 0 Å². The highest BCUT2D eigenvalue weighted by Crippen LogP contribution is 2.41. The summed E-state index contributed by atoms with van der Waals surface area (Å²) in [6, 6.07) is 5.18. The molecule has 2 amide bonds. The van der Waals surface area contributed by atoms with Gasteiger partial charge in [0.2, 0.25) is 18.6 Å². The topological polar surface area (TPSA) is 80.8 Å². The number of hydrogen-bond donors (Lipinski definition) is 1. The minimum Gasteiger partial charge on any atom is -0.454 e. The van der Waals surface area contributed by atoms with Crippen LogP contribution < -0.4 is 14.8 Å². The van der Waals surface area contributed by atoms with Crippen LogP contribution in [0.15, 0.2) is 29.8 Å². The van der Waals surface area contributed by atoms with Gasteiger partial charge in [-0.1, -0.05) is 6.07 Å². The molecule has 0 spiro atoms. The van der Waals surface area contributed by atoms with Gasteiger partial charge in [0.1, 0.15) is 0 Å². The van der Waals surface area contributed by atoms with E-state index in [9.17, 15) is 9.59 Å². The van der Waals surface area contributed by atoms with Gasteiger partial charge in [-0.2, -0.15) is 0 Å². The van der Waals surface area contributed by atoms with Crippen molar-refractivity contribution in [1.29, 1.82) is 0 Å². The van der Waals surface area contributed by atoms with E-state index in [4.69, 9.17) is 9.47 Å². The predicted molar refractivity (Wildman–Crippen MR) is 86.9 cm³/mol. The van der Waals surface area contributed by atoms with E-state index in [-0.39, 0.29) is 31.1 Å². The Balaban J connectivity index is 1.63. The maximum Gasteiger partial charge on any atom is 0.232 e. The van der Waals surface area contributed by atoms with E-state index in [2.05, 4.69) is 10.3 Å². The first-order chi connectivity index (χ1) is 11.6. The van der Waals surface area contributed by atoms with Crippen molar-refractivity contribution < 1.29 is 19.1 Å². The molecule has 3 heterocycles. The van der Waals surface area contributed by atoms with Gasteiger partial charge in [0.05, 0.1) is 12.0 Å². The van der Waals surface area contributed by atoms with Gasteiger partial charge in [-0.05, 0) is 17.7 Å². The van der Waals surface area contributed by atoms with Crippen molar-refractivity contribution in [3.8, 4) is 11.5 Å². The second-order valence-electron chi connectivity index (χ2n) is 5.70. The third-order valence-corrected chi connectivity index (χ3v) is 5.01. The number of carbonyl (C=O) groups excluding carboxylic acids is 2. The van der Waals surface area contributed by atoms with E-state index >= 15 is 0 Å². The first-order valence-corrected chi connectivity index (χ1v) is 8.37. The highest BCUT2D eigenvalue weighted by molar-refractivity contribution is 7.13. The largest absolute Gasteiger partial charge is 0.454 e. The van der Waals surface area contributed by atoms with Crippen molar-refractivity contribution >= 4 is 28.3 Å². The maximum atomic E-state index is 12.6. The van der Waals surface area contributed by atoms with Crippen molar-refractivity contribution in [3.63, 3.8) is 0 Å².